The van der Waals surface area contributed by atoms with Crippen LogP contribution in [0.3, 0.4) is 0 Å². The maximum absolute atomic E-state index is 9.93. The van der Waals surface area contributed by atoms with E-state index >= 15 is 0 Å². The third-order valence-electron chi connectivity index (χ3n) is 10.8. The smallest absolute Gasteiger partial charge is 0.116 e. The largest absolute Gasteiger partial charge is 0.192 e. The third-order valence-corrected chi connectivity index (χ3v) is 14.1. The van der Waals surface area contributed by atoms with E-state index in [0.29, 0.717) is 11.8 Å². The van der Waals surface area contributed by atoms with Gasteiger partial charge in [0.15, 0.2) is 0 Å². The van der Waals surface area contributed by atoms with Crippen molar-refractivity contribution in [1.29, 1.82) is 10.5 Å². The van der Waals surface area contributed by atoms with E-state index in [-0.39, 0.29) is 0 Å². The quantitative estimate of drug-likeness (QED) is 0.0974. The Labute approximate surface area is 334 Å². The summed E-state index contributed by atoms with van der Waals surface area (Å²) in [5.74, 6) is 1.16. The molecule has 0 saturated heterocycles. The average Bonchev–Trinajstić information content (AvgIpc) is 4.05. The van der Waals surface area contributed by atoms with Crippen molar-refractivity contribution in [2.45, 2.75) is 91.9 Å². The third kappa shape index (κ3) is 7.76. The SMILES string of the molecule is CCCCC(CC)Cc1cc(-c2ccc(-c3c4c(c(-c5ccc(-c6ccc(C#N)c(CC(CC)CCCC)c6)s5)c5nsnc35)N=S=N4)s2)ccc1C#N. The molecule has 0 amide bonds. The summed E-state index contributed by atoms with van der Waals surface area (Å²) in [6.07, 6.45) is 11.3. The molecule has 10 heteroatoms. The van der Waals surface area contributed by atoms with Crippen LogP contribution in [0.4, 0.5) is 11.4 Å². The number of hydrogen-bond donors (Lipinski definition) is 0. The van der Waals surface area contributed by atoms with Gasteiger partial charge >= 0.3 is 0 Å². The van der Waals surface area contributed by atoms with Crippen molar-refractivity contribution < 1.29 is 0 Å². The van der Waals surface area contributed by atoms with E-state index in [2.05, 4.69) is 88.4 Å². The lowest BCUT2D eigenvalue weighted by Gasteiger charge is -2.16. The van der Waals surface area contributed by atoms with Gasteiger partial charge < -0.3 is 0 Å². The van der Waals surface area contributed by atoms with E-state index in [4.69, 9.17) is 17.5 Å². The van der Waals surface area contributed by atoms with Crippen molar-refractivity contribution in [2.24, 2.45) is 20.6 Å². The summed E-state index contributed by atoms with van der Waals surface area (Å²) < 4.78 is 19.4. The number of hydrogen-bond acceptors (Lipinski definition) is 9. The molecule has 6 aromatic rings. The number of rotatable bonds is 16. The molecule has 54 heavy (non-hydrogen) atoms. The second-order valence-electron chi connectivity index (χ2n) is 14.2. The Morgan fingerprint density at radius 1 is 0.593 bits per heavy atom. The lowest BCUT2D eigenvalue weighted by atomic mass is 9.89. The zero-order chi connectivity index (χ0) is 37.6. The minimum absolute atomic E-state index is 0.579. The number of thiophene rings is 2. The number of nitriles is 2. The fraction of sp³-hybridized carbons (Fsp3) is 0.364. The lowest BCUT2D eigenvalue weighted by molar-refractivity contribution is 0.449. The molecule has 0 N–H and O–H groups in total. The van der Waals surface area contributed by atoms with Crippen molar-refractivity contribution >= 4 is 68.2 Å². The first-order chi connectivity index (χ1) is 26.5. The van der Waals surface area contributed by atoms with Gasteiger partial charge in [0.2, 0.25) is 0 Å². The van der Waals surface area contributed by atoms with Crippen molar-refractivity contribution in [3.8, 4) is 53.9 Å². The van der Waals surface area contributed by atoms with E-state index in [9.17, 15) is 10.5 Å². The fourth-order valence-electron chi connectivity index (χ4n) is 7.54. The first-order valence-corrected chi connectivity index (χ1v) is 22.3. The normalized spacial score (nSPS) is 13.1. The van der Waals surface area contributed by atoms with E-state index in [1.807, 2.05) is 12.1 Å². The minimum Gasteiger partial charge on any atom is -0.192 e. The van der Waals surface area contributed by atoms with Gasteiger partial charge in [-0.15, -0.1) is 22.7 Å². The van der Waals surface area contributed by atoms with Crippen molar-refractivity contribution in [2.75, 3.05) is 0 Å². The van der Waals surface area contributed by atoms with Crippen LogP contribution in [0.25, 0.3) is 52.8 Å². The molecule has 1 aliphatic rings. The Bertz CT molecular complexity index is 2290. The predicted molar refractivity (Wildman–Crippen MR) is 230 cm³/mol. The molecule has 0 radical (unpaired) electrons. The summed E-state index contributed by atoms with van der Waals surface area (Å²) >= 11 is 5.90. The van der Waals surface area contributed by atoms with Crippen LogP contribution in [0.2, 0.25) is 0 Å². The van der Waals surface area contributed by atoms with E-state index in [1.165, 1.54) is 61.6 Å². The van der Waals surface area contributed by atoms with Crippen LogP contribution in [0.5, 0.6) is 0 Å². The average molecular weight is 785 g/mol. The highest BCUT2D eigenvalue weighted by molar-refractivity contribution is 7.58. The van der Waals surface area contributed by atoms with Crippen LogP contribution < -0.4 is 0 Å². The number of benzene rings is 3. The van der Waals surface area contributed by atoms with Crippen LogP contribution in [0.15, 0.2) is 69.4 Å². The summed E-state index contributed by atoms with van der Waals surface area (Å²) in [7, 11) is 0. The Hall–Kier alpha value is -4.32. The van der Waals surface area contributed by atoms with Crippen molar-refractivity contribution in [3.05, 3.63) is 82.9 Å². The van der Waals surface area contributed by atoms with Gasteiger partial charge in [0.1, 0.15) is 22.4 Å². The van der Waals surface area contributed by atoms with Crippen molar-refractivity contribution in [1.82, 2.24) is 8.75 Å². The molecule has 3 aromatic heterocycles. The zero-order valence-corrected chi connectivity index (χ0v) is 34.6. The maximum atomic E-state index is 9.93. The summed E-state index contributed by atoms with van der Waals surface area (Å²) in [6.45, 7) is 9.00. The number of nitrogens with zero attached hydrogens (tertiary/aromatic N) is 6. The molecule has 6 nitrogen and oxygen atoms in total. The molecular formula is C44H44N6S4. The Morgan fingerprint density at radius 3 is 1.44 bits per heavy atom. The first-order valence-electron chi connectivity index (χ1n) is 19.2. The van der Waals surface area contributed by atoms with Crippen molar-refractivity contribution in [3.63, 3.8) is 0 Å². The molecule has 2 unspecified atom stereocenters. The summed E-state index contributed by atoms with van der Waals surface area (Å²) in [4.78, 5) is 4.45. The monoisotopic (exact) mass is 784 g/mol. The van der Waals surface area contributed by atoms with Gasteiger partial charge in [-0.2, -0.15) is 28.0 Å². The Balaban J connectivity index is 1.23. The van der Waals surface area contributed by atoms with Crippen LogP contribution in [-0.4, -0.2) is 8.75 Å². The zero-order valence-electron chi connectivity index (χ0n) is 31.3. The fourth-order valence-corrected chi connectivity index (χ4v) is 10.8. The second kappa shape index (κ2) is 17.4. The Kier molecular flexibility index (Phi) is 12.3. The maximum Gasteiger partial charge on any atom is 0.116 e. The van der Waals surface area contributed by atoms with Crippen LogP contribution in [-0.2, 0) is 24.2 Å². The molecule has 0 bridgehead atoms. The molecule has 3 aromatic carbocycles. The minimum atomic E-state index is 0.579. The molecule has 0 saturated carbocycles. The molecule has 7 rings (SSSR count). The number of fused-ring (bicyclic) bond motifs is 2. The van der Waals surface area contributed by atoms with Crippen LogP contribution in [0.1, 0.15) is 101 Å². The first kappa shape index (κ1) is 38.0. The van der Waals surface area contributed by atoms with E-state index in [0.717, 1.165) is 112 Å². The molecule has 2 atom stereocenters. The molecule has 274 valence electrons. The topological polar surface area (TPSA) is 98.1 Å². The van der Waals surface area contributed by atoms with Gasteiger partial charge in [-0.1, -0.05) is 91.2 Å². The molecular weight excluding hydrogens is 741 g/mol. The van der Waals surface area contributed by atoms with Gasteiger partial charge in [-0.25, -0.2) is 0 Å². The van der Waals surface area contributed by atoms with Crippen LogP contribution >= 0.6 is 34.4 Å². The molecule has 0 aliphatic carbocycles. The summed E-state index contributed by atoms with van der Waals surface area (Å²) in [5, 5.41) is 19.9. The highest BCUT2D eigenvalue weighted by Crippen LogP contribution is 2.54. The molecule has 0 spiro atoms. The highest BCUT2D eigenvalue weighted by atomic mass is 32.1. The van der Waals surface area contributed by atoms with Gasteiger partial charge in [-0.3, -0.25) is 0 Å². The van der Waals surface area contributed by atoms with Gasteiger partial charge in [0.05, 0.1) is 46.3 Å². The standard InChI is InChI=1S/C44H44N6S4/c1-5-9-11-27(7-3)21-33-23-29(13-15-31(33)25-45)35-17-19-37(51-35)39-41-43(49-53-47-41)40(44-42(39)48-54-50-44)38-20-18-36(52-38)30-14-16-32(26-46)34(24-30)22-28(8-4)12-10-6-2/h13-20,23-24,27-28H,5-12,21-22H2,1-4H3. The predicted octanol–water partition coefficient (Wildman–Crippen LogP) is 14.5. The van der Waals surface area contributed by atoms with E-state index in [1.54, 1.807) is 22.7 Å². The highest BCUT2D eigenvalue weighted by Gasteiger charge is 2.28. The summed E-state index contributed by atoms with van der Waals surface area (Å²) in [5.41, 5.74) is 11.4. The van der Waals surface area contributed by atoms with Gasteiger partial charge in [0.25, 0.3) is 0 Å². The van der Waals surface area contributed by atoms with E-state index < -0.39 is 0 Å². The van der Waals surface area contributed by atoms with Gasteiger partial charge in [0, 0.05) is 30.6 Å². The van der Waals surface area contributed by atoms with Crippen LogP contribution in [0, 0.1) is 34.5 Å². The molecule has 1 aliphatic heterocycles. The molecule has 4 heterocycles. The number of unbranched alkanes of at least 4 members (excludes halogenated alkanes) is 2. The van der Waals surface area contributed by atoms with Gasteiger partial charge in [-0.05, 0) is 95.5 Å². The second-order valence-corrected chi connectivity index (χ2v) is 17.4. The molecule has 0 fully saturated rings. The summed E-state index contributed by atoms with van der Waals surface area (Å²) in [6, 6.07) is 26.1. The lowest BCUT2D eigenvalue weighted by Crippen LogP contribution is -2.05. The Morgan fingerprint density at radius 2 is 1.04 bits per heavy atom. The number of aromatic nitrogens is 2.